The first-order chi connectivity index (χ1) is 30.4. The number of aromatic amines is 2. The van der Waals surface area contributed by atoms with Gasteiger partial charge in [-0.05, 0) is 89.9 Å². The van der Waals surface area contributed by atoms with E-state index in [4.69, 9.17) is 24.2 Å². The molecule has 15 heteroatoms. The number of aromatic nitrogens is 4. The third-order valence-corrected chi connectivity index (χ3v) is 12.8. The fourth-order valence-electron chi connectivity index (χ4n) is 9.60. The lowest BCUT2D eigenvalue weighted by molar-refractivity contribution is -0.137. The fourth-order valence-corrected chi connectivity index (χ4v) is 9.60. The smallest absolute Gasteiger partial charge is 0.407 e. The second kappa shape index (κ2) is 16.8. The Kier molecular flexibility index (Phi) is 11.0. The van der Waals surface area contributed by atoms with Crippen LogP contribution in [0.4, 0.5) is 9.59 Å². The number of rotatable bonds is 9. The van der Waals surface area contributed by atoms with Gasteiger partial charge >= 0.3 is 12.2 Å². The van der Waals surface area contributed by atoms with Crippen LogP contribution in [0, 0.1) is 11.8 Å². The largest absolute Gasteiger partial charge is 0.488 e. The maximum atomic E-state index is 14.2. The molecule has 0 aliphatic carbocycles. The molecule has 2 fully saturated rings. The van der Waals surface area contributed by atoms with Crippen molar-refractivity contribution >= 4 is 45.8 Å². The van der Waals surface area contributed by atoms with Crippen molar-refractivity contribution < 1.29 is 33.4 Å². The summed E-state index contributed by atoms with van der Waals surface area (Å²) >= 11 is 0. The number of H-pyrrole nitrogens is 2. The van der Waals surface area contributed by atoms with Crippen LogP contribution in [0.1, 0.15) is 87.9 Å². The van der Waals surface area contributed by atoms with Crippen molar-refractivity contribution in [2.24, 2.45) is 11.8 Å². The van der Waals surface area contributed by atoms with Crippen LogP contribution in [-0.4, -0.2) is 86.6 Å². The number of ether oxygens (including phenoxy) is 3. The molecule has 0 saturated carbocycles. The molecule has 2 unspecified atom stereocenters. The number of likely N-dealkylation sites (tertiary alicyclic amines) is 2. The maximum absolute atomic E-state index is 14.2. The molecule has 6 aromatic rings. The van der Waals surface area contributed by atoms with E-state index < -0.39 is 24.3 Å². The Morgan fingerprint density at radius 3 is 2.38 bits per heavy atom. The zero-order valence-corrected chi connectivity index (χ0v) is 36.2. The summed E-state index contributed by atoms with van der Waals surface area (Å²) in [7, 11) is 2.58. The van der Waals surface area contributed by atoms with Gasteiger partial charge in [-0.15, -0.1) is 0 Å². The van der Waals surface area contributed by atoms with Crippen LogP contribution < -0.4 is 15.4 Å². The normalized spacial score (nSPS) is 20.2. The summed E-state index contributed by atoms with van der Waals surface area (Å²) in [5.74, 6) is 1.87. The quantitative estimate of drug-likeness (QED) is 0.112. The maximum Gasteiger partial charge on any atom is 0.407 e. The highest BCUT2D eigenvalue weighted by atomic mass is 16.5. The van der Waals surface area contributed by atoms with Crippen LogP contribution in [0.15, 0.2) is 79.0 Å². The minimum atomic E-state index is -0.907. The lowest BCUT2D eigenvalue weighted by Gasteiger charge is -2.32. The molecule has 3 aliphatic heterocycles. The molecule has 0 radical (unpaired) electrons. The summed E-state index contributed by atoms with van der Waals surface area (Å²) in [5.41, 5.74) is 7.21. The summed E-state index contributed by atoms with van der Waals surface area (Å²) in [5, 5.41) is 7.46. The molecule has 0 bridgehead atoms. The van der Waals surface area contributed by atoms with Gasteiger partial charge in [0, 0.05) is 23.5 Å². The predicted octanol–water partition coefficient (Wildman–Crippen LogP) is 8.11. The van der Waals surface area contributed by atoms with Crippen LogP contribution in [0.5, 0.6) is 5.75 Å². The van der Waals surface area contributed by atoms with Crippen molar-refractivity contribution in [3.63, 3.8) is 0 Å². The highest BCUT2D eigenvalue weighted by Crippen LogP contribution is 2.44. The molecular weight excluding hydrogens is 801 g/mol. The topological polar surface area (TPSA) is 184 Å². The molecule has 326 valence electrons. The summed E-state index contributed by atoms with van der Waals surface area (Å²) < 4.78 is 16.1. The van der Waals surface area contributed by atoms with Crippen LogP contribution in [0.25, 0.3) is 44.2 Å². The first kappa shape index (κ1) is 41.5. The summed E-state index contributed by atoms with van der Waals surface area (Å²) in [6, 6.07) is 21.6. The Morgan fingerprint density at radius 2 is 1.62 bits per heavy atom. The highest BCUT2D eigenvalue weighted by molar-refractivity contribution is 6.07. The number of hydrogen-bond acceptors (Lipinski definition) is 9. The summed E-state index contributed by atoms with van der Waals surface area (Å²) in [6.07, 6.45) is 2.78. The molecule has 4 amide bonds. The molecule has 3 aliphatic rings. The van der Waals surface area contributed by atoms with Gasteiger partial charge in [-0.3, -0.25) is 9.59 Å². The minimum absolute atomic E-state index is 0.0296. The second-order valence-electron chi connectivity index (χ2n) is 17.4. The van der Waals surface area contributed by atoms with E-state index in [1.165, 1.54) is 14.2 Å². The molecule has 9 rings (SSSR count). The van der Waals surface area contributed by atoms with Crippen LogP contribution in [-0.2, 0) is 25.7 Å². The van der Waals surface area contributed by atoms with Crippen molar-refractivity contribution in [2.45, 2.75) is 83.8 Å². The number of nitrogens with one attached hydrogen (secondary N) is 4. The van der Waals surface area contributed by atoms with E-state index in [1.807, 2.05) is 68.3 Å². The highest BCUT2D eigenvalue weighted by Gasteiger charge is 2.42. The molecule has 4 N–H and O–H groups in total. The molecule has 2 saturated heterocycles. The number of amides is 4. The summed E-state index contributed by atoms with van der Waals surface area (Å²) in [4.78, 5) is 73.2. The Balaban J connectivity index is 0.967. The van der Waals surface area contributed by atoms with E-state index >= 15 is 0 Å². The van der Waals surface area contributed by atoms with Crippen LogP contribution >= 0.6 is 0 Å². The molecule has 0 spiro atoms. The number of benzene rings is 4. The van der Waals surface area contributed by atoms with E-state index in [-0.39, 0.29) is 41.8 Å². The predicted molar refractivity (Wildman–Crippen MR) is 236 cm³/mol. The number of carbonyl (C=O) groups is 4. The number of methoxy groups -OCH3 is 2. The molecule has 15 nitrogen and oxygen atoms in total. The SMILES string of the molecule is COC(=O)NC(C(=O)N1C[C@@H](C)C[C@H]1c1ncc(-c2ccc3c(c2)COc2cc4c(ccc5nc([C@@H]6CC[C@H](C)N6C(=O)C(NC(=O)OC)C(C)C)[nH]c54)cc2-3)[nH]1)c1ccccc1. The van der Waals surface area contributed by atoms with Gasteiger partial charge in [0.05, 0.1) is 49.2 Å². The van der Waals surface area contributed by atoms with Gasteiger partial charge in [-0.2, -0.15) is 0 Å². The van der Waals surface area contributed by atoms with E-state index in [2.05, 4.69) is 63.9 Å². The number of carbonyl (C=O) groups excluding carboxylic acids is 4. The van der Waals surface area contributed by atoms with Gasteiger partial charge in [0.25, 0.3) is 5.91 Å². The van der Waals surface area contributed by atoms with Crippen molar-refractivity contribution in [1.29, 1.82) is 0 Å². The lowest BCUT2D eigenvalue weighted by atomic mass is 9.92. The Morgan fingerprint density at radius 1 is 0.841 bits per heavy atom. The van der Waals surface area contributed by atoms with Gasteiger partial charge in [0.15, 0.2) is 0 Å². The molecule has 6 atom stereocenters. The zero-order chi connectivity index (χ0) is 44.1. The monoisotopic (exact) mass is 852 g/mol. The van der Waals surface area contributed by atoms with E-state index in [9.17, 15) is 19.2 Å². The van der Waals surface area contributed by atoms with Gasteiger partial charge in [0.1, 0.15) is 36.1 Å². The number of imidazole rings is 2. The minimum Gasteiger partial charge on any atom is -0.488 e. The first-order valence-corrected chi connectivity index (χ1v) is 21.6. The third-order valence-electron chi connectivity index (χ3n) is 12.8. The standard InChI is InChI=1S/C48H52N8O7/c1-25(2)40(53-47(59)61-5)46(58)56-27(4)12-17-37(56)44-50-35-16-14-29-20-34-32-15-13-30(19-31(32)24-63-39(34)21-33(29)42(35)52-44)36-22-49-43(51-36)38-18-26(3)23-55(38)45(57)41(54-48(60)62-6)28-10-8-7-9-11-28/h7-11,13-16,19-22,25-27,37-38,40-41H,12,17-18,23-24H2,1-6H3,(H,49,51)(H,50,52)(H,53,59)(H,54,60)/t26-,27-,37-,38-,40?,41?/m0/s1. The molecule has 63 heavy (non-hydrogen) atoms. The van der Waals surface area contributed by atoms with Crippen LogP contribution in [0.3, 0.4) is 0 Å². The Bertz CT molecular complexity index is 2730. The van der Waals surface area contributed by atoms with E-state index in [1.54, 1.807) is 4.90 Å². The van der Waals surface area contributed by atoms with Gasteiger partial charge in [-0.1, -0.05) is 69.3 Å². The fraction of sp³-hybridized carbons (Fsp3) is 0.375. The van der Waals surface area contributed by atoms with Gasteiger partial charge in [-0.25, -0.2) is 19.6 Å². The Labute approximate surface area is 364 Å². The average Bonchev–Trinajstić information content (AvgIpc) is 4.12. The van der Waals surface area contributed by atoms with Crippen molar-refractivity contribution in [1.82, 2.24) is 40.4 Å². The van der Waals surface area contributed by atoms with Crippen molar-refractivity contribution in [3.05, 3.63) is 102 Å². The molecule has 2 aromatic heterocycles. The van der Waals surface area contributed by atoms with E-state index in [0.29, 0.717) is 30.4 Å². The molecule has 5 heterocycles. The van der Waals surface area contributed by atoms with Gasteiger partial charge < -0.3 is 44.6 Å². The van der Waals surface area contributed by atoms with Crippen molar-refractivity contribution in [2.75, 3.05) is 20.8 Å². The average molecular weight is 853 g/mol. The molecular formula is C48H52N8O7. The summed E-state index contributed by atoms with van der Waals surface area (Å²) in [6.45, 7) is 8.86. The number of fused-ring (bicyclic) bond motifs is 6. The van der Waals surface area contributed by atoms with Gasteiger partial charge in [0.2, 0.25) is 5.91 Å². The van der Waals surface area contributed by atoms with Crippen molar-refractivity contribution in [3.8, 4) is 28.1 Å². The van der Waals surface area contributed by atoms with E-state index in [0.717, 1.165) is 74.8 Å². The Hall–Kier alpha value is -6.90. The number of alkyl carbamates (subject to hydrolysis) is 2. The zero-order valence-electron chi connectivity index (χ0n) is 36.2. The third kappa shape index (κ3) is 7.69. The number of nitrogens with zero attached hydrogens (tertiary/aromatic N) is 4. The lowest BCUT2D eigenvalue weighted by Crippen LogP contribution is -2.52. The van der Waals surface area contributed by atoms with Crippen LogP contribution in [0.2, 0.25) is 0 Å². The first-order valence-electron chi connectivity index (χ1n) is 21.6. The molecule has 4 aromatic carbocycles. The number of hydrogen-bond donors (Lipinski definition) is 4. The second-order valence-corrected chi connectivity index (χ2v) is 17.4.